The summed E-state index contributed by atoms with van der Waals surface area (Å²) in [5.41, 5.74) is 0.00358. The number of anilines is 1. The van der Waals surface area contributed by atoms with Crippen molar-refractivity contribution < 1.29 is 14.4 Å². The van der Waals surface area contributed by atoms with Crippen LogP contribution in [0.3, 0.4) is 0 Å². The van der Waals surface area contributed by atoms with Gasteiger partial charge in [-0.2, -0.15) is 0 Å². The Morgan fingerprint density at radius 1 is 1.22 bits per heavy atom. The number of likely N-dealkylation sites (N-methyl/N-ethyl adjacent to an activating group) is 1. The van der Waals surface area contributed by atoms with Crippen LogP contribution in [0.5, 0.6) is 0 Å². The van der Waals surface area contributed by atoms with Gasteiger partial charge in [0.15, 0.2) is 0 Å². The summed E-state index contributed by atoms with van der Waals surface area (Å²) in [4.78, 5) is 40.0. The fraction of sp³-hybridized carbons (Fsp3) is 0.471. The Kier molecular flexibility index (Phi) is 4.07. The van der Waals surface area contributed by atoms with Gasteiger partial charge in [-0.05, 0) is 31.9 Å². The summed E-state index contributed by atoms with van der Waals surface area (Å²) in [7, 11) is 0. The normalized spacial score (nSPS) is 19.3. The van der Waals surface area contributed by atoms with Crippen molar-refractivity contribution in [1.29, 1.82) is 0 Å². The molecular formula is C17H21N3O3. The highest BCUT2D eigenvalue weighted by atomic mass is 16.2. The summed E-state index contributed by atoms with van der Waals surface area (Å²) in [6, 6.07) is 8.81. The van der Waals surface area contributed by atoms with Gasteiger partial charge in [0.25, 0.3) is 5.91 Å². The van der Waals surface area contributed by atoms with Crippen molar-refractivity contribution in [3.63, 3.8) is 0 Å². The molecule has 1 saturated carbocycles. The van der Waals surface area contributed by atoms with E-state index in [9.17, 15) is 14.4 Å². The predicted octanol–water partition coefficient (Wildman–Crippen LogP) is 1.90. The molecule has 0 radical (unpaired) electrons. The number of para-hydroxylation sites is 1. The maximum atomic E-state index is 12.6. The third kappa shape index (κ3) is 2.69. The molecule has 1 aromatic carbocycles. The maximum Gasteiger partial charge on any atom is 0.325 e. The number of nitrogens with one attached hydrogen (secondary N) is 1. The van der Waals surface area contributed by atoms with E-state index < -0.39 is 11.6 Å². The van der Waals surface area contributed by atoms with Crippen molar-refractivity contribution in [3.05, 3.63) is 30.3 Å². The summed E-state index contributed by atoms with van der Waals surface area (Å²) in [6.07, 6.45) is 3.19. The van der Waals surface area contributed by atoms with E-state index in [1.807, 2.05) is 37.3 Å². The Hall–Kier alpha value is -2.37. The molecule has 4 amide bonds. The van der Waals surface area contributed by atoms with Gasteiger partial charge in [0.05, 0.1) is 0 Å². The lowest BCUT2D eigenvalue weighted by molar-refractivity contribution is -0.134. The number of carbonyl (C=O) groups is 3. The minimum absolute atomic E-state index is 0.213. The fourth-order valence-corrected chi connectivity index (χ4v) is 3.47. The SMILES string of the molecule is CCN(C(=O)CN1C(=O)NC2(CCCC2)C1=O)c1ccccc1. The lowest BCUT2D eigenvalue weighted by atomic mass is 9.98. The molecular weight excluding hydrogens is 294 g/mol. The summed E-state index contributed by atoms with van der Waals surface area (Å²) in [6.45, 7) is 2.14. The van der Waals surface area contributed by atoms with Crippen LogP contribution in [0.15, 0.2) is 30.3 Å². The van der Waals surface area contributed by atoms with Crippen molar-refractivity contribution in [2.75, 3.05) is 18.0 Å². The second kappa shape index (κ2) is 6.02. The molecule has 1 heterocycles. The van der Waals surface area contributed by atoms with Gasteiger partial charge < -0.3 is 10.2 Å². The summed E-state index contributed by atoms with van der Waals surface area (Å²) in [5.74, 6) is -0.505. The molecule has 1 aliphatic heterocycles. The van der Waals surface area contributed by atoms with Crippen LogP contribution in [0.1, 0.15) is 32.6 Å². The molecule has 1 saturated heterocycles. The minimum atomic E-state index is -0.763. The first kappa shape index (κ1) is 15.5. The molecule has 3 rings (SSSR count). The molecule has 0 atom stereocenters. The highest BCUT2D eigenvalue weighted by Crippen LogP contribution is 2.35. The first-order valence-electron chi connectivity index (χ1n) is 8.07. The van der Waals surface area contributed by atoms with E-state index in [2.05, 4.69) is 5.32 Å². The predicted molar refractivity (Wildman–Crippen MR) is 85.9 cm³/mol. The van der Waals surface area contributed by atoms with E-state index in [4.69, 9.17) is 0 Å². The highest BCUT2D eigenvalue weighted by molar-refractivity contribution is 6.10. The van der Waals surface area contributed by atoms with Crippen molar-refractivity contribution in [2.24, 2.45) is 0 Å². The Morgan fingerprint density at radius 2 is 1.87 bits per heavy atom. The Labute approximate surface area is 135 Å². The van der Waals surface area contributed by atoms with E-state index in [0.29, 0.717) is 19.4 Å². The van der Waals surface area contributed by atoms with Crippen LogP contribution in [0, 0.1) is 0 Å². The van der Waals surface area contributed by atoms with Gasteiger partial charge in [-0.15, -0.1) is 0 Å². The van der Waals surface area contributed by atoms with Gasteiger partial charge in [0, 0.05) is 12.2 Å². The van der Waals surface area contributed by atoms with Crippen LogP contribution in [0.4, 0.5) is 10.5 Å². The molecule has 2 aliphatic rings. The molecule has 2 fully saturated rings. The summed E-state index contributed by atoms with van der Waals surface area (Å²) in [5, 5.41) is 2.80. The van der Waals surface area contributed by atoms with Gasteiger partial charge in [0.2, 0.25) is 5.91 Å². The zero-order valence-corrected chi connectivity index (χ0v) is 13.2. The third-order valence-corrected chi connectivity index (χ3v) is 4.68. The van der Waals surface area contributed by atoms with Crippen LogP contribution in [-0.2, 0) is 9.59 Å². The number of hydrogen-bond donors (Lipinski definition) is 1. The van der Waals surface area contributed by atoms with E-state index in [1.165, 1.54) is 0 Å². The second-order valence-corrected chi connectivity index (χ2v) is 6.08. The van der Waals surface area contributed by atoms with Gasteiger partial charge >= 0.3 is 6.03 Å². The second-order valence-electron chi connectivity index (χ2n) is 6.08. The Morgan fingerprint density at radius 3 is 2.48 bits per heavy atom. The number of amides is 4. The van der Waals surface area contributed by atoms with Crippen LogP contribution >= 0.6 is 0 Å². The Balaban J connectivity index is 1.74. The van der Waals surface area contributed by atoms with Gasteiger partial charge in [-0.25, -0.2) is 4.79 Å². The van der Waals surface area contributed by atoms with Crippen molar-refractivity contribution in [2.45, 2.75) is 38.1 Å². The zero-order valence-electron chi connectivity index (χ0n) is 13.2. The van der Waals surface area contributed by atoms with Crippen molar-refractivity contribution >= 4 is 23.5 Å². The first-order valence-corrected chi connectivity index (χ1v) is 8.07. The molecule has 23 heavy (non-hydrogen) atoms. The zero-order chi connectivity index (χ0) is 16.4. The van der Waals surface area contributed by atoms with Crippen LogP contribution in [0.25, 0.3) is 0 Å². The van der Waals surface area contributed by atoms with Gasteiger partial charge in [-0.1, -0.05) is 31.0 Å². The number of imide groups is 1. The molecule has 1 spiro atoms. The Bertz CT molecular complexity index is 623. The third-order valence-electron chi connectivity index (χ3n) is 4.68. The average molecular weight is 315 g/mol. The number of carbonyl (C=O) groups excluding carboxylic acids is 3. The number of rotatable bonds is 4. The standard InChI is InChI=1S/C17H21N3O3/c1-2-19(13-8-4-3-5-9-13)14(21)12-20-15(22)17(18-16(20)23)10-6-7-11-17/h3-5,8-9H,2,6-7,10-12H2,1H3,(H,18,23). The molecule has 0 unspecified atom stereocenters. The van der Waals surface area contributed by atoms with Crippen LogP contribution in [0.2, 0.25) is 0 Å². The number of urea groups is 1. The van der Waals surface area contributed by atoms with E-state index >= 15 is 0 Å². The highest BCUT2D eigenvalue weighted by Gasteiger charge is 2.52. The number of benzene rings is 1. The van der Waals surface area contributed by atoms with Crippen LogP contribution in [-0.4, -0.2) is 41.4 Å². The number of hydrogen-bond acceptors (Lipinski definition) is 3. The lowest BCUT2D eigenvalue weighted by Crippen LogP contribution is -2.46. The molecule has 6 heteroatoms. The van der Waals surface area contributed by atoms with Gasteiger partial charge in [0.1, 0.15) is 12.1 Å². The molecule has 1 aromatic rings. The summed E-state index contributed by atoms with van der Waals surface area (Å²) >= 11 is 0. The topological polar surface area (TPSA) is 69.7 Å². The fourth-order valence-electron chi connectivity index (χ4n) is 3.47. The van der Waals surface area contributed by atoms with Gasteiger partial charge in [-0.3, -0.25) is 14.5 Å². The van der Waals surface area contributed by atoms with Crippen molar-refractivity contribution in [3.8, 4) is 0 Å². The summed E-state index contributed by atoms with van der Waals surface area (Å²) < 4.78 is 0. The quantitative estimate of drug-likeness (QED) is 0.863. The molecule has 122 valence electrons. The van der Waals surface area contributed by atoms with Crippen LogP contribution < -0.4 is 10.2 Å². The van der Waals surface area contributed by atoms with Crippen molar-refractivity contribution in [1.82, 2.24) is 10.2 Å². The molecule has 0 bridgehead atoms. The lowest BCUT2D eigenvalue weighted by Gasteiger charge is -2.24. The minimum Gasteiger partial charge on any atom is -0.323 e. The smallest absolute Gasteiger partial charge is 0.323 e. The van der Waals surface area contributed by atoms with E-state index in [-0.39, 0.29) is 18.4 Å². The first-order chi connectivity index (χ1) is 11.1. The van der Waals surface area contributed by atoms with E-state index in [1.54, 1.807) is 4.90 Å². The largest absolute Gasteiger partial charge is 0.325 e. The molecule has 0 aromatic heterocycles. The van der Waals surface area contributed by atoms with E-state index in [0.717, 1.165) is 23.4 Å². The maximum absolute atomic E-state index is 12.6. The molecule has 6 nitrogen and oxygen atoms in total. The number of nitrogens with zero attached hydrogens (tertiary/aromatic N) is 2. The molecule has 1 N–H and O–H groups in total. The average Bonchev–Trinajstić information content (AvgIpc) is 3.11. The monoisotopic (exact) mass is 315 g/mol. The molecule has 1 aliphatic carbocycles.